The summed E-state index contributed by atoms with van der Waals surface area (Å²) < 4.78 is 45.9. The van der Waals surface area contributed by atoms with Crippen LogP contribution < -0.4 is 5.32 Å². The van der Waals surface area contributed by atoms with E-state index in [4.69, 9.17) is 4.74 Å². The summed E-state index contributed by atoms with van der Waals surface area (Å²) in [6.07, 6.45) is 0.709. The molecule has 0 spiro atoms. The van der Waals surface area contributed by atoms with Crippen LogP contribution in [0.15, 0.2) is 36.4 Å². The molecule has 1 fully saturated rings. The Labute approximate surface area is 139 Å². The van der Waals surface area contributed by atoms with E-state index in [-0.39, 0.29) is 24.4 Å². The Morgan fingerprint density at radius 3 is 2.50 bits per heavy atom. The van der Waals surface area contributed by atoms with Crippen molar-refractivity contribution < 1.29 is 17.9 Å². The van der Waals surface area contributed by atoms with Crippen LogP contribution in [0.1, 0.15) is 29.0 Å². The number of hydrogen-bond acceptors (Lipinski definition) is 2. The average Bonchev–Trinajstić information content (AvgIpc) is 2.53. The van der Waals surface area contributed by atoms with Crippen molar-refractivity contribution in [2.24, 2.45) is 0 Å². The van der Waals surface area contributed by atoms with Gasteiger partial charge in [0.2, 0.25) is 0 Å². The Morgan fingerprint density at radius 2 is 1.79 bits per heavy atom. The third-order valence-electron chi connectivity index (χ3n) is 4.44. The van der Waals surface area contributed by atoms with E-state index in [0.29, 0.717) is 5.56 Å². The molecule has 1 saturated heterocycles. The number of aryl methyl sites for hydroxylation is 1. The van der Waals surface area contributed by atoms with Gasteiger partial charge in [0.15, 0.2) is 0 Å². The Kier molecular flexibility index (Phi) is 5.21. The second kappa shape index (κ2) is 7.36. The molecule has 0 saturated carbocycles. The topological polar surface area (TPSA) is 21.3 Å². The number of hydrogen-bond donors (Lipinski definition) is 1. The van der Waals surface area contributed by atoms with Crippen molar-refractivity contribution in [3.63, 3.8) is 0 Å². The highest BCUT2D eigenvalue weighted by atomic mass is 19.1. The van der Waals surface area contributed by atoms with Gasteiger partial charge in [0.25, 0.3) is 0 Å². The number of rotatable bonds is 4. The standard InChI is InChI=1S/C19H20F3NO/c1-12-6-14(20)2-3-17(12)18-10-23-5-4-19(18)24-11-13-7-15(21)9-16(22)8-13/h2-3,6-9,18-19,23H,4-5,10-11H2,1H3. The normalized spacial score (nSPS) is 21.0. The molecule has 1 N–H and O–H groups in total. The summed E-state index contributed by atoms with van der Waals surface area (Å²) in [6.45, 7) is 3.58. The van der Waals surface area contributed by atoms with Crippen LogP contribution in [0.2, 0.25) is 0 Å². The lowest BCUT2D eigenvalue weighted by Gasteiger charge is -2.33. The van der Waals surface area contributed by atoms with Crippen LogP contribution in [0.3, 0.4) is 0 Å². The van der Waals surface area contributed by atoms with E-state index >= 15 is 0 Å². The zero-order chi connectivity index (χ0) is 17.1. The maximum atomic E-state index is 13.3. The third-order valence-corrected chi connectivity index (χ3v) is 4.44. The SMILES string of the molecule is Cc1cc(F)ccc1C1CNCCC1OCc1cc(F)cc(F)c1. The van der Waals surface area contributed by atoms with Gasteiger partial charge in [-0.1, -0.05) is 6.07 Å². The van der Waals surface area contributed by atoms with Gasteiger partial charge in [-0.15, -0.1) is 0 Å². The molecule has 2 aromatic carbocycles. The van der Waals surface area contributed by atoms with Crippen molar-refractivity contribution >= 4 is 0 Å². The highest BCUT2D eigenvalue weighted by Gasteiger charge is 2.28. The van der Waals surface area contributed by atoms with E-state index < -0.39 is 11.6 Å². The maximum absolute atomic E-state index is 13.3. The molecule has 128 valence electrons. The third kappa shape index (κ3) is 3.97. The van der Waals surface area contributed by atoms with Gasteiger partial charge >= 0.3 is 0 Å². The van der Waals surface area contributed by atoms with Crippen LogP contribution in [0.25, 0.3) is 0 Å². The molecular formula is C19H20F3NO. The molecule has 5 heteroatoms. The Bertz CT molecular complexity index is 700. The van der Waals surface area contributed by atoms with Crippen LogP contribution in [-0.2, 0) is 11.3 Å². The van der Waals surface area contributed by atoms with Gasteiger partial charge in [-0.25, -0.2) is 13.2 Å². The van der Waals surface area contributed by atoms with Crippen LogP contribution in [0.4, 0.5) is 13.2 Å². The first-order valence-corrected chi connectivity index (χ1v) is 8.06. The van der Waals surface area contributed by atoms with Gasteiger partial charge in [-0.3, -0.25) is 0 Å². The summed E-state index contributed by atoms with van der Waals surface area (Å²) in [6, 6.07) is 8.17. The largest absolute Gasteiger partial charge is 0.373 e. The molecule has 0 aliphatic carbocycles. The molecule has 1 aliphatic rings. The van der Waals surface area contributed by atoms with Crippen LogP contribution in [-0.4, -0.2) is 19.2 Å². The summed E-state index contributed by atoms with van der Waals surface area (Å²) in [5, 5.41) is 3.33. The molecule has 0 aromatic heterocycles. The summed E-state index contributed by atoms with van der Waals surface area (Å²) in [4.78, 5) is 0. The minimum Gasteiger partial charge on any atom is -0.373 e. The molecule has 0 radical (unpaired) electrons. The van der Waals surface area contributed by atoms with Crippen molar-refractivity contribution in [3.05, 3.63) is 70.5 Å². The van der Waals surface area contributed by atoms with Crippen molar-refractivity contribution in [2.45, 2.75) is 32.0 Å². The summed E-state index contributed by atoms with van der Waals surface area (Å²) >= 11 is 0. The fourth-order valence-corrected chi connectivity index (χ4v) is 3.30. The first-order valence-electron chi connectivity index (χ1n) is 8.06. The second-order valence-corrected chi connectivity index (χ2v) is 6.23. The van der Waals surface area contributed by atoms with E-state index in [9.17, 15) is 13.2 Å². The number of nitrogens with one attached hydrogen (secondary N) is 1. The van der Waals surface area contributed by atoms with Gasteiger partial charge in [0, 0.05) is 18.5 Å². The van der Waals surface area contributed by atoms with E-state index in [2.05, 4.69) is 5.32 Å². The molecule has 1 heterocycles. The second-order valence-electron chi connectivity index (χ2n) is 6.23. The highest BCUT2D eigenvalue weighted by molar-refractivity contribution is 5.31. The molecular weight excluding hydrogens is 315 g/mol. The summed E-state index contributed by atoms with van der Waals surface area (Å²) in [5.74, 6) is -1.39. The molecule has 0 bridgehead atoms. The quantitative estimate of drug-likeness (QED) is 0.909. The minimum atomic E-state index is -0.607. The van der Waals surface area contributed by atoms with Gasteiger partial charge in [0.1, 0.15) is 17.5 Å². The van der Waals surface area contributed by atoms with E-state index in [1.54, 1.807) is 6.07 Å². The van der Waals surface area contributed by atoms with Crippen LogP contribution >= 0.6 is 0 Å². The molecule has 1 aliphatic heterocycles. The highest BCUT2D eigenvalue weighted by Crippen LogP contribution is 2.29. The monoisotopic (exact) mass is 335 g/mol. The average molecular weight is 335 g/mol. The first-order chi connectivity index (χ1) is 11.5. The van der Waals surface area contributed by atoms with Crippen LogP contribution in [0, 0.1) is 24.4 Å². The van der Waals surface area contributed by atoms with Crippen molar-refractivity contribution in [3.8, 4) is 0 Å². The molecule has 2 atom stereocenters. The smallest absolute Gasteiger partial charge is 0.126 e. The molecule has 2 aromatic rings. The lowest BCUT2D eigenvalue weighted by molar-refractivity contribution is 0.00657. The number of piperidine rings is 1. The lowest BCUT2D eigenvalue weighted by atomic mass is 9.86. The molecule has 24 heavy (non-hydrogen) atoms. The van der Waals surface area contributed by atoms with Gasteiger partial charge in [-0.2, -0.15) is 0 Å². The van der Waals surface area contributed by atoms with Gasteiger partial charge < -0.3 is 10.1 Å². The zero-order valence-electron chi connectivity index (χ0n) is 13.5. The van der Waals surface area contributed by atoms with Gasteiger partial charge in [-0.05, 0) is 60.8 Å². The number of ether oxygens (including phenoxy) is 1. The fourth-order valence-electron chi connectivity index (χ4n) is 3.30. The summed E-state index contributed by atoms with van der Waals surface area (Å²) in [7, 11) is 0. The lowest BCUT2D eigenvalue weighted by Crippen LogP contribution is -2.40. The summed E-state index contributed by atoms with van der Waals surface area (Å²) in [5.41, 5.74) is 2.40. The Hall–Kier alpha value is -1.85. The van der Waals surface area contributed by atoms with Crippen molar-refractivity contribution in [1.82, 2.24) is 5.32 Å². The minimum absolute atomic E-state index is 0.0813. The predicted octanol–water partition coefficient (Wildman–Crippen LogP) is 4.07. The predicted molar refractivity (Wildman–Crippen MR) is 86.3 cm³/mol. The van der Waals surface area contributed by atoms with E-state index in [0.717, 1.165) is 36.7 Å². The molecule has 3 rings (SSSR count). The Morgan fingerprint density at radius 1 is 1.04 bits per heavy atom. The zero-order valence-corrected chi connectivity index (χ0v) is 13.5. The van der Waals surface area contributed by atoms with Crippen LogP contribution in [0.5, 0.6) is 0 Å². The molecule has 2 unspecified atom stereocenters. The first kappa shape index (κ1) is 17.0. The van der Waals surface area contributed by atoms with Crippen molar-refractivity contribution in [2.75, 3.05) is 13.1 Å². The molecule has 2 nitrogen and oxygen atoms in total. The van der Waals surface area contributed by atoms with E-state index in [1.807, 2.05) is 6.92 Å². The maximum Gasteiger partial charge on any atom is 0.126 e. The Balaban J connectivity index is 1.74. The van der Waals surface area contributed by atoms with Gasteiger partial charge in [0.05, 0.1) is 12.7 Å². The fraction of sp³-hybridized carbons (Fsp3) is 0.368. The number of benzene rings is 2. The number of halogens is 3. The molecule has 0 amide bonds. The van der Waals surface area contributed by atoms with Crippen molar-refractivity contribution in [1.29, 1.82) is 0 Å². The van der Waals surface area contributed by atoms with E-state index in [1.165, 1.54) is 24.3 Å².